The van der Waals surface area contributed by atoms with Gasteiger partial charge in [-0.3, -0.25) is 4.68 Å². The van der Waals surface area contributed by atoms with Crippen LogP contribution in [0.3, 0.4) is 0 Å². The van der Waals surface area contributed by atoms with Crippen molar-refractivity contribution in [3.8, 4) is 0 Å². The number of aryl methyl sites for hydroxylation is 1. The zero-order valence-electron chi connectivity index (χ0n) is 9.92. The van der Waals surface area contributed by atoms with Crippen LogP contribution in [0.5, 0.6) is 0 Å². The van der Waals surface area contributed by atoms with Gasteiger partial charge in [-0.1, -0.05) is 0 Å². The number of ether oxygens (including phenoxy) is 1. The van der Waals surface area contributed by atoms with Crippen molar-refractivity contribution >= 4 is 16.9 Å². The summed E-state index contributed by atoms with van der Waals surface area (Å²) in [6.45, 7) is 2.88. The van der Waals surface area contributed by atoms with Crippen LogP contribution in [0.1, 0.15) is 13.3 Å². The van der Waals surface area contributed by atoms with E-state index in [9.17, 15) is 0 Å². The number of hydrogen-bond donors (Lipinski definition) is 1. The third-order valence-electron chi connectivity index (χ3n) is 3.23. The first-order valence-electron chi connectivity index (χ1n) is 5.76. The Balaban J connectivity index is 1.94. The third kappa shape index (κ3) is 1.74. The van der Waals surface area contributed by atoms with Gasteiger partial charge in [0.25, 0.3) is 0 Å². The highest BCUT2D eigenvalue weighted by atomic mass is 16.5. The number of nitrogens with one attached hydrogen (secondary N) is 1. The molecule has 6 heteroatoms. The molecule has 0 aromatic carbocycles. The first kappa shape index (κ1) is 10.5. The lowest BCUT2D eigenvalue weighted by Crippen LogP contribution is -2.27. The first-order chi connectivity index (χ1) is 8.25. The molecule has 2 aromatic rings. The van der Waals surface area contributed by atoms with Crippen LogP contribution in [0.25, 0.3) is 11.0 Å². The Hall–Kier alpha value is -1.69. The second kappa shape index (κ2) is 3.96. The molecule has 90 valence electrons. The van der Waals surface area contributed by atoms with Crippen LogP contribution in [0, 0.1) is 0 Å². The van der Waals surface area contributed by atoms with E-state index in [4.69, 9.17) is 4.74 Å². The van der Waals surface area contributed by atoms with Crippen molar-refractivity contribution in [2.45, 2.75) is 25.5 Å². The maximum Gasteiger partial charge on any atom is 0.163 e. The van der Waals surface area contributed by atoms with Gasteiger partial charge in [0.15, 0.2) is 5.65 Å². The van der Waals surface area contributed by atoms with Gasteiger partial charge in [-0.05, 0) is 13.3 Å². The predicted molar refractivity (Wildman–Crippen MR) is 63.7 cm³/mol. The Morgan fingerprint density at radius 1 is 1.47 bits per heavy atom. The lowest BCUT2D eigenvalue weighted by atomic mass is 10.1. The highest BCUT2D eigenvalue weighted by Gasteiger charge is 2.25. The maximum absolute atomic E-state index is 5.53. The zero-order valence-corrected chi connectivity index (χ0v) is 9.92. The molecular formula is C11H15N5O. The van der Waals surface area contributed by atoms with Crippen molar-refractivity contribution in [3.05, 3.63) is 12.5 Å². The second-order valence-electron chi connectivity index (χ2n) is 4.34. The van der Waals surface area contributed by atoms with E-state index in [1.165, 1.54) is 0 Å². The monoisotopic (exact) mass is 233 g/mol. The number of aromatic nitrogens is 4. The summed E-state index contributed by atoms with van der Waals surface area (Å²) in [6, 6.07) is 0.313. The molecular weight excluding hydrogens is 218 g/mol. The molecule has 0 bridgehead atoms. The Morgan fingerprint density at radius 3 is 3.12 bits per heavy atom. The molecule has 1 aliphatic rings. The first-order valence-corrected chi connectivity index (χ1v) is 5.76. The molecule has 6 nitrogen and oxygen atoms in total. The lowest BCUT2D eigenvalue weighted by Gasteiger charge is -2.16. The molecule has 17 heavy (non-hydrogen) atoms. The van der Waals surface area contributed by atoms with Crippen molar-refractivity contribution in [2.24, 2.45) is 7.05 Å². The fourth-order valence-electron chi connectivity index (χ4n) is 2.17. The van der Waals surface area contributed by atoms with Crippen LogP contribution in [0.15, 0.2) is 12.5 Å². The van der Waals surface area contributed by atoms with Crippen LogP contribution in [-0.2, 0) is 11.8 Å². The van der Waals surface area contributed by atoms with Gasteiger partial charge < -0.3 is 10.1 Å². The van der Waals surface area contributed by atoms with Gasteiger partial charge >= 0.3 is 0 Å². The minimum absolute atomic E-state index is 0.219. The summed E-state index contributed by atoms with van der Waals surface area (Å²) in [7, 11) is 1.88. The summed E-state index contributed by atoms with van der Waals surface area (Å²) in [5.41, 5.74) is 0.842. The summed E-state index contributed by atoms with van der Waals surface area (Å²) in [5.74, 6) is 0.838. The smallest absolute Gasteiger partial charge is 0.163 e. The Bertz CT molecular complexity index is 538. The van der Waals surface area contributed by atoms with E-state index in [2.05, 4.69) is 27.3 Å². The summed E-state index contributed by atoms with van der Waals surface area (Å²) >= 11 is 0. The van der Waals surface area contributed by atoms with Gasteiger partial charge in [0.2, 0.25) is 0 Å². The predicted octanol–water partition coefficient (Wildman–Crippen LogP) is 0.953. The molecule has 0 amide bonds. The maximum atomic E-state index is 5.53. The summed E-state index contributed by atoms with van der Waals surface area (Å²) in [4.78, 5) is 8.50. The standard InChI is InChI=1S/C11H15N5O/c1-7-9(3-4-17-7)15-10-8-5-14-16(2)11(8)13-6-12-10/h5-7,9H,3-4H2,1-2H3,(H,12,13,15). The van der Waals surface area contributed by atoms with Crippen LogP contribution in [-0.4, -0.2) is 38.5 Å². The summed E-state index contributed by atoms with van der Waals surface area (Å²) in [5, 5.41) is 8.56. The lowest BCUT2D eigenvalue weighted by molar-refractivity contribution is 0.121. The van der Waals surface area contributed by atoms with E-state index in [0.717, 1.165) is 29.9 Å². The normalized spacial score (nSPS) is 24.4. The SMILES string of the molecule is CC1OCCC1Nc1ncnc2c1cnn2C. The van der Waals surface area contributed by atoms with Gasteiger partial charge in [0.1, 0.15) is 12.1 Å². The zero-order chi connectivity index (χ0) is 11.8. The molecule has 2 unspecified atom stereocenters. The molecule has 0 radical (unpaired) electrons. The van der Waals surface area contributed by atoms with Gasteiger partial charge in [0, 0.05) is 13.7 Å². The molecule has 3 rings (SSSR count). The molecule has 0 aliphatic carbocycles. The van der Waals surface area contributed by atoms with Crippen LogP contribution < -0.4 is 5.32 Å². The van der Waals surface area contributed by atoms with Crippen LogP contribution in [0.4, 0.5) is 5.82 Å². The van der Waals surface area contributed by atoms with E-state index < -0.39 is 0 Å². The van der Waals surface area contributed by atoms with Crippen molar-refractivity contribution < 1.29 is 4.74 Å². The van der Waals surface area contributed by atoms with Crippen molar-refractivity contribution in [1.29, 1.82) is 0 Å². The Kier molecular flexibility index (Phi) is 2.44. The highest BCUT2D eigenvalue weighted by molar-refractivity contribution is 5.86. The van der Waals surface area contributed by atoms with Crippen molar-refractivity contribution in [2.75, 3.05) is 11.9 Å². The van der Waals surface area contributed by atoms with E-state index >= 15 is 0 Å². The number of nitrogens with zero attached hydrogens (tertiary/aromatic N) is 4. The van der Waals surface area contributed by atoms with Crippen LogP contribution >= 0.6 is 0 Å². The average Bonchev–Trinajstić information content (AvgIpc) is 2.89. The number of anilines is 1. The molecule has 3 heterocycles. The molecule has 1 N–H and O–H groups in total. The molecule has 2 atom stereocenters. The Morgan fingerprint density at radius 2 is 2.35 bits per heavy atom. The van der Waals surface area contributed by atoms with Crippen LogP contribution in [0.2, 0.25) is 0 Å². The average molecular weight is 233 g/mol. The topological polar surface area (TPSA) is 64.9 Å². The largest absolute Gasteiger partial charge is 0.376 e. The van der Waals surface area contributed by atoms with Gasteiger partial charge in [0.05, 0.1) is 23.7 Å². The van der Waals surface area contributed by atoms with Gasteiger partial charge in [-0.25, -0.2) is 9.97 Å². The van der Waals surface area contributed by atoms with Gasteiger partial charge in [-0.2, -0.15) is 5.10 Å². The van der Waals surface area contributed by atoms with Crippen molar-refractivity contribution in [1.82, 2.24) is 19.7 Å². The minimum Gasteiger partial charge on any atom is -0.376 e. The van der Waals surface area contributed by atoms with E-state index in [1.54, 1.807) is 17.2 Å². The molecule has 2 aromatic heterocycles. The highest BCUT2D eigenvalue weighted by Crippen LogP contribution is 2.22. The summed E-state index contributed by atoms with van der Waals surface area (Å²) < 4.78 is 7.27. The molecule has 0 spiro atoms. The number of fused-ring (bicyclic) bond motifs is 1. The van der Waals surface area contributed by atoms with Gasteiger partial charge in [-0.15, -0.1) is 0 Å². The van der Waals surface area contributed by atoms with E-state index in [-0.39, 0.29) is 6.10 Å². The number of hydrogen-bond acceptors (Lipinski definition) is 5. The molecule has 1 aliphatic heterocycles. The molecule has 0 saturated carbocycles. The van der Waals surface area contributed by atoms with E-state index in [1.807, 2.05) is 7.05 Å². The Labute approximate surface area is 99.0 Å². The fourth-order valence-corrected chi connectivity index (χ4v) is 2.17. The second-order valence-corrected chi connectivity index (χ2v) is 4.34. The summed E-state index contributed by atoms with van der Waals surface area (Å²) in [6.07, 6.45) is 4.58. The molecule has 1 fully saturated rings. The molecule has 1 saturated heterocycles. The quantitative estimate of drug-likeness (QED) is 0.836. The minimum atomic E-state index is 0.219. The number of rotatable bonds is 2. The van der Waals surface area contributed by atoms with E-state index in [0.29, 0.717) is 6.04 Å². The fraction of sp³-hybridized carbons (Fsp3) is 0.545. The third-order valence-corrected chi connectivity index (χ3v) is 3.23. The van der Waals surface area contributed by atoms with Crippen molar-refractivity contribution in [3.63, 3.8) is 0 Å².